The standard InChI is InChI=1S/C11H7BrN4O2/c12-7-1-2-9(17)8(3-7)11(18)15-10-6(4-13)5-14-16-10/h1-3,5,17H,(H2,14,15,16,18). The normalized spacial score (nSPS) is 9.78. The first-order chi connectivity index (χ1) is 8.61. The molecule has 2 rings (SSSR count). The highest BCUT2D eigenvalue weighted by Gasteiger charge is 2.14. The van der Waals surface area contributed by atoms with Crippen LogP contribution in [0.3, 0.4) is 0 Å². The van der Waals surface area contributed by atoms with Gasteiger partial charge >= 0.3 is 0 Å². The van der Waals surface area contributed by atoms with E-state index in [1.165, 1.54) is 18.3 Å². The van der Waals surface area contributed by atoms with Crippen molar-refractivity contribution in [2.45, 2.75) is 0 Å². The van der Waals surface area contributed by atoms with E-state index < -0.39 is 5.91 Å². The first-order valence-electron chi connectivity index (χ1n) is 4.85. The zero-order valence-corrected chi connectivity index (χ0v) is 10.5. The van der Waals surface area contributed by atoms with Gasteiger partial charge in [-0.15, -0.1) is 0 Å². The number of phenols is 1. The van der Waals surface area contributed by atoms with E-state index in [9.17, 15) is 9.90 Å². The van der Waals surface area contributed by atoms with Gasteiger partial charge in [0.1, 0.15) is 23.2 Å². The number of nitrogens with zero attached hydrogens (tertiary/aromatic N) is 2. The molecule has 1 heterocycles. The molecule has 6 nitrogen and oxygen atoms in total. The van der Waals surface area contributed by atoms with Crippen molar-refractivity contribution < 1.29 is 9.90 Å². The fraction of sp³-hybridized carbons (Fsp3) is 0. The second-order valence-corrected chi connectivity index (χ2v) is 4.30. The van der Waals surface area contributed by atoms with Crippen molar-refractivity contribution in [2.24, 2.45) is 0 Å². The second-order valence-electron chi connectivity index (χ2n) is 3.39. The number of H-pyrrole nitrogens is 1. The summed E-state index contributed by atoms with van der Waals surface area (Å²) in [5.74, 6) is -0.481. The highest BCUT2D eigenvalue weighted by Crippen LogP contribution is 2.23. The Bertz CT molecular complexity index is 645. The van der Waals surface area contributed by atoms with Crippen LogP contribution in [-0.2, 0) is 0 Å². The van der Waals surface area contributed by atoms with Gasteiger partial charge < -0.3 is 10.4 Å². The predicted molar refractivity (Wildman–Crippen MR) is 67.1 cm³/mol. The molecule has 1 aromatic heterocycles. The molecule has 90 valence electrons. The third kappa shape index (κ3) is 2.33. The number of phenolic OH excluding ortho intramolecular Hbond substituents is 1. The van der Waals surface area contributed by atoms with E-state index in [0.717, 1.165) is 0 Å². The first kappa shape index (κ1) is 12.1. The Morgan fingerprint density at radius 3 is 3.06 bits per heavy atom. The van der Waals surface area contributed by atoms with Crippen LogP contribution in [-0.4, -0.2) is 21.2 Å². The SMILES string of the molecule is N#Cc1cn[nH]c1NC(=O)c1cc(Br)ccc1O. The number of aromatic hydroxyl groups is 1. The molecular weight excluding hydrogens is 300 g/mol. The third-order valence-electron chi connectivity index (χ3n) is 2.20. The van der Waals surface area contributed by atoms with Gasteiger partial charge in [0.15, 0.2) is 0 Å². The monoisotopic (exact) mass is 306 g/mol. The maximum atomic E-state index is 11.9. The van der Waals surface area contributed by atoms with Crippen molar-refractivity contribution in [1.29, 1.82) is 5.26 Å². The summed E-state index contributed by atoms with van der Waals surface area (Å²) in [6, 6.07) is 6.37. The highest BCUT2D eigenvalue weighted by atomic mass is 79.9. The Morgan fingerprint density at radius 2 is 2.33 bits per heavy atom. The predicted octanol–water partition coefficient (Wildman–Crippen LogP) is 2.00. The summed E-state index contributed by atoms with van der Waals surface area (Å²) in [6.07, 6.45) is 1.30. The lowest BCUT2D eigenvalue weighted by Crippen LogP contribution is -2.13. The van der Waals surface area contributed by atoms with E-state index >= 15 is 0 Å². The molecule has 0 saturated heterocycles. The summed E-state index contributed by atoms with van der Waals surface area (Å²) in [6.45, 7) is 0. The Morgan fingerprint density at radius 1 is 1.56 bits per heavy atom. The summed E-state index contributed by atoms with van der Waals surface area (Å²) < 4.78 is 0.663. The van der Waals surface area contributed by atoms with Crippen LogP contribution in [0, 0.1) is 11.3 Å². The van der Waals surface area contributed by atoms with Gasteiger partial charge in [0.2, 0.25) is 0 Å². The maximum absolute atomic E-state index is 11.9. The van der Waals surface area contributed by atoms with Gasteiger partial charge in [0, 0.05) is 4.47 Å². The van der Waals surface area contributed by atoms with Crippen LogP contribution in [0.1, 0.15) is 15.9 Å². The van der Waals surface area contributed by atoms with Crippen molar-refractivity contribution in [3.05, 3.63) is 40.0 Å². The summed E-state index contributed by atoms with van der Waals surface area (Å²) >= 11 is 3.21. The summed E-state index contributed by atoms with van der Waals surface area (Å²) in [4.78, 5) is 11.9. The van der Waals surface area contributed by atoms with Crippen molar-refractivity contribution >= 4 is 27.7 Å². The lowest BCUT2D eigenvalue weighted by molar-refractivity contribution is 0.102. The van der Waals surface area contributed by atoms with E-state index in [0.29, 0.717) is 4.47 Å². The number of carbonyl (C=O) groups excluding carboxylic acids is 1. The number of halogens is 1. The van der Waals surface area contributed by atoms with Crippen molar-refractivity contribution in [3.8, 4) is 11.8 Å². The van der Waals surface area contributed by atoms with Crippen molar-refractivity contribution in [2.75, 3.05) is 5.32 Å². The van der Waals surface area contributed by atoms with Crippen LogP contribution in [0.2, 0.25) is 0 Å². The number of anilines is 1. The number of aromatic amines is 1. The summed E-state index contributed by atoms with van der Waals surface area (Å²) in [5.41, 5.74) is 0.320. The number of hydrogen-bond acceptors (Lipinski definition) is 4. The number of rotatable bonds is 2. The molecule has 3 N–H and O–H groups in total. The minimum atomic E-state index is -0.533. The number of aromatic nitrogens is 2. The Balaban J connectivity index is 2.28. The molecule has 0 atom stereocenters. The van der Waals surface area contributed by atoms with Crippen molar-refractivity contribution in [3.63, 3.8) is 0 Å². The van der Waals surface area contributed by atoms with Crippen LogP contribution in [0.15, 0.2) is 28.9 Å². The Kier molecular flexibility index (Phi) is 3.30. The van der Waals surface area contributed by atoms with E-state index in [1.807, 2.05) is 6.07 Å². The van der Waals surface area contributed by atoms with Gasteiger partial charge in [-0.05, 0) is 18.2 Å². The smallest absolute Gasteiger partial charge is 0.260 e. The minimum absolute atomic E-state index is 0.0999. The van der Waals surface area contributed by atoms with E-state index in [4.69, 9.17) is 5.26 Å². The highest BCUT2D eigenvalue weighted by molar-refractivity contribution is 9.10. The number of carbonyl (C=O) groups is 1. The fourth-order valence-electron chi connectivity index (χ4n) is 1.34. The molecule has 2 aromatic rings. The van der Waals surface area contributed by atoms with E-state index in [2.05, 4.69) is 31.4 Å². The van der Waals surface area contributed by atoms with Crippen molar-refractivity contribution in [1.82, 2.24) is 10.2 Å². The first-order valence-corrected chi connectivity index (χ1v) is 5.64. The van der Waals surface area contributed by atoms with Crippen LogP contribution in [0.4, 0.5) is 5.82 Å². The van der Waals surface area contributed by atoms with Gasteiger partial charge in [0.05, 0.1) is 11.8 Å². The Hall–Kier alpha value is -2.33. The van der Waals surface area contributed by atoms with Crippen LogP contribution in [0.25, 0.3) is 0 Å². The van der Waals surface area contributed by atoms with Gasteiger partial charge in [-0.2, -0.15) is 10.4 Å². The topological polar surface area (TPSA) is 102 Å². The molecule has 0 unspecified atom stereocenters. The molecule has 0 aliphatic rings. The largest absolute Gasteiger partial charge is 0.507 e. The zero-order chi connectivity index (χ0) is 13.1. The number of nitriles is 1. The molecule has 0 aliphatic heterocycles. The molecule has 0 radical (unpaired) electrons. The average Bonchev–Trinajstić information content (AvgIpc) is 2.79. The van der Waals surface area contributed by atoms with Crippen LogP contribution < -0.4 is 5.32 Å². The van der Waals surface area contributed by atoms with Crippen LogP contribution >= 0.6 is 15.9 Å². The molecule has 1 amide bonds. The molecule has 18 heavy (non-hydrogen) atoms. The lowest BCUT2D eigenvalue weighted by atomic mass is 10.2. The molecule has 0 saturated carbocycles. The summed E-state index contributed by atoms with van der Waals surface area (Å²) in [5, 5.41) is 27.0. The molecule has 7 heteroatoms. The molecule has 0 spiro atoms. The zero-order valence-electron chi connectivity index (χ0n) is 8.94. The molecular formula is C11H7BrN4O2. The van der Waals surface area contributed by atoms with Gasteiger partial charge in [-0.1, -0.05) is 15.9 Å². The third-order valence-corrected chi connectivity index (χ3v) is 2.69. The maximum Gasteiger partial charge on any atom is 0.260 e. The van der Waals surface area contributed by atoms with Gasteiger partial charge in [-0.3, -0.25) is 9.89 Å². The number of benzene rings is 1. The molecule has 0 bridgehead atoms. The van der Waals surface area contributed by atoms with Crippen LogP contribution in [0.5, 0.6) is 5.75 Å². The number of amides is 1. The summed E-state index contributed by atoms with van der Waals surface area (Å²) in [7, 11) is 0. The van der Waals surface area contributed by atoms with E-state index in [-0.39, 0.29) is 22.7 Å². The van der Waals surface area contributed by atoms with E-state index in [1.54, 1.807) is 6.07 Å². The quantitative estimate of drug-likeness (QED) is 0.789. The second kappa shape index (κ2) is 4.89. The number of hydrogen-bond donors (Lipinski definition) is 3. The number of nitrogens with one attached hydrogen (secondary N) is 2. The van der Waals surface area contributed by atoms with Gasteiger partial charge in [-0.25, -0.2) is 0 Å². The average molecular weight is 307 g/mol. The fourth-order valence-corrected chi connectivity index (χ4v) is 1.70. The van der Waals surface area contributed by atoms with Gasteiger partial charge in [0.25, 0.3) is 5.91 Å². The molecule has 0 fully saturated rings. The Labute approximate surface area is 110 Å². The molecule has 0 aliphatic carbocycles. The minimum Gasteiger partial charge on any atom is -0.507 e. The lowest BCUT2D eigenvalue weighted by Gasteiger charge is -2.05. The molecule has 1 aromatic carbocycles.